The summed E-state index contributed by atoms with van der Waals surface area (Å²) in [5.74, 6) is -0.948. The predicted octanol–water partition coefficient (Wildman–Crippen LogP) is 2.28. The van der Waals surface area contributed by atoms with Crippen molar-refractivity contribution in [2.75, 3.05) is 0 Å². The lowest BCUT2D eigenvalue weighted by Gasteiger charge is -2.05. The van der Waals surface area contributed by atoms with Crippen molar-refractivity contribution in [3.63, 3.8) is 0 Å². The molecule has 2 aromatic heterocycles. The first kappa shape index (κ1) is 15.2. The van der Waals surface area contributed by atoms with Crippen molar-refractivity contribution in [2.45, 2.75) is 19.4 Å². The van der Waals surface area contributed by atoms with Gasteiger partial charge in [0, 0.05) is 23.9 Å². The Bertz CT molecular complexity index is 969. The van der Waals surface area contributed by atoms with Crippen LogP contribution in [-0.4, -0.2) is 20.6 Å². The van der Waals surface area contributed by atoms with Crippen LogP contribution < -0.4 is 11.2 Å². The van der Waals surface area contributed by atoms with Gasteiger partial charge in [-0.2, -0.15) is 0 Å². The van der Waals surface area contributed by atoms with Gasteiger partial charge in [0.05, 0.1) is 5.39 Å². The summed E-state index contributed by atoms with van der Waals surface area (Å²) in [6.07, 6.45) is 0.147. The minimum atomic E-state index is -0.948. The van der Waals surface area contributed by atoms with Gasteiger partial charge < -0.3 is 5.11 Å². The molecule has 7 heteroatoms. The van der Waals surface area contributed by atoms with E-state index >= 15 is 0 Å². The largest absolute Gasteiger partial charge is 0.481 e. The van der Waals surface area contributed by atoms with Gasteiger partial charge in [-0.05, 0) is 12.0 Å². The summed E-state index contributed by atoms with van der Waals surface area (Å²) >= 11 is 1.31. The van der Waals surface area contributed by atoms with Gasteiger partial charge in [0.15, 0.2) is 0 Å². The summed E-state index contributed by atoms with van der Waals surface area (Å²) in [6.45, 7) is 0.0838. The van der Waals surface area contributed by atoms with Crippen LogP contribution >= 0.6 is 11.3 Å². The molecule has 0 aliphatic rings. The zero-order chi connectivity index (χ0) is 16.4. The summed E-state index contributed by atoms with van der Waals surface area (Å²) in [5, 5.41) is 11.0. The molecule has 23 heavy (non-hydrogen) atoms. The first-order valence-corrected chi connectivity index (χ1v) is 7.97. The molecule has 118 valence electrons. The van der Waals surface area contributed by atoms with Crippen LogP contribution in [0.25, 0.3) is 21.3 Å². The van der Waals surface area contributed by atoms with E-state index in [2.05, 4.69) is 4.98 Å². The molecule has 0 bridgehead atoms. The molecule has 2 heterocycles. The number of hydrogen-bond donors (Lipinski definition) is 2. The smallest absolute Gasteiger partial charge is 0.329 e. The van der Waals surface area contributed by atoms with Crippen LogP contribution in [0.2, 0.25) is 0 Å². The Morgan fingerprint density at radius 2 is 1.96 bits per heavy atom. The lowest BCUT2D eigenvalue weighted by Crippen LogP contribution is -2.34. The van der Waals surface area contributed by atoms with E-state index in [1.165, 1.54) is 11.3 Å². The minimum Gasteiger partial charge on any atom is -0.481 e. The van der Waals surface area contributed by atoms with E-state index in [1.807, 2.05) is 35.7 Å². The van der Waals surface area contributed by atoms with E-state index in [0.717, 1.165) is 15.7 Å². The SMILES string of the molecule is O=C(O)CCCn1c(=O)[nH]c2scc(-c3ccccc3)c2c1=O. The zero-order valence-electron chi connectivity index (χ0n) is 12.1. The van der Waals surface area contributed by atoms with E-state index in [-0.39, 0.29) is 24.9 Å². The van der Waals surface area contributed by atoms with Crippen molar-refractivity contribution >= 4 is 27.5 Å². The van der Waals surface area contributed by atoms with Crippen molar-refractivity contribution in [1.82, 2.24) is 9.55 Å². The molecule has 0 saturated heterocycles. The van der Waals surface area contributed by atoms with Gasteiger partial charge >= 0.3 is 11.7 Å². The summed E-state index contributed by atoms with van der Waals surface area (Å²) < 4.78 is 1.07. The highest BCUT2D eigenvalue weighted by atomic mass is 32.1. The number of nitrogens with zero attached hydrogens (tertiary/aromatic N) is 1. The summed E-state index contributed by atoms with van der Waals surface area (Å²) in [5.41, 5.74) is 0.794. The van der Waals surface area contributed by atoms with Crippen LogP contribution in [-0.2, 0) is 11.3 Å². The van der Waals surface area contributed by atoms with Crippen LogP contribution in [0.1, 0.15) is 12.8 Å². The summed E-state index contributed by atoms with van der Waals surface area (Å²) in [4.78, 5) is 38.6. The number of carboxylic acid groups (broad SMARTS) is 1. The Balaban J connectivity index is 2.11. The highest BCUT2D eigenvalue weighted by Gasteiger charge is 2.14. The first-order valence-electron chi connectivity index (χ1n) is 7.09. The molecule has 0 fully saturated rings. The zero-order valence-corrected chi connectivity index (χ0v) is 12.9. The number of rotatable bonds is 5. The van der Waals surface area contributed by atoms with Crippen LogP contribution in [0.4, 0.5) is 0 Å². The molecule has 0 unspecified atom stereocenters. The van der Waals surface area contributed by atoms with Crippen molar-refractivity contribution in [2.24, 2.45) is 0 Å². The fraction of sp³-hybridized carbons (Fsp3) is 0.188. The van der Waals surface area contributed by atoms with Gasteiger partial charge in [0.2, 0.25) is 0 Å². The second-order valence-electron chi connectivity index (χ2n) is 5.10. The average molecular weight is 330 g/mol. The third-order valence-corrected chi connectivity index (χ3v) is 4.47. The molecule has 0 aliphatic carbocycles. The predicted molar refractivity (Wildman–Crippen MR) is 89.0 cm³/mol. The summed E-state index contributed by atoms with van der Waals surface area (Å²) in [7, 11) is 0. The van der Waals surface area contributed by atoms with Gasteiger partial charge in [0.25, 0.3) is 5.56 Å². The van der Waals surface area contributed by atoms with Gasteiger partial charge in [-0.3, -0.25) is 19.1 Å². The van der Waals surface area contributed by atoms with E-state index in [1.54, 1.807) is 0 Å². The number of aliphatic carboxylic acids is 1. The van der Waals surface area contributed by atoms with E-state index in [9.17, 15) is 14.4 Å². The molecular weight excluding hydrogens is 316 g/mol. The number of carboxylic acids is 1. The third kappa shape index (κ3) is 2.95. The number of hydrogen-bond acceptors (Lipinski definition) is 4. The molecule has 6 nitrogen and oxygen atoms in total. The number of H-pyrrole nitrogens is 1. The molecule has 0 saturated carbocycles. The standard InChI is InChI=1S/C16H14N2O4S/c19-12(20)7-4-8-18-15(21)13-11(10-5-2-1-3-6-10)9-23-14(13)17-16(18)22/h1-3,5-6,9H,4,7-8H2,(H,17,22)(H,19,20). The van der Waals surface area contributed by atoms with E-state index in [0.29, 0.717) is 10.2 Å². The number of thiophene rings is 1. The van der Waals surface area contributed by atoms with Crippen LogP contribution in [0.15, 0.2) is 45.3 Å². The average Bonchev–Trinajstić information content (AvgIpc) is 2.95. The molecule has 0 spiro atoms. The van der Waals surface area contributed by atoms with Crippen molar-refractivity contribution in [3.8, 4) is 11.1 Å². The number of fused-ring (bicyclic) bond motifs is 1. The number of aromatic amines is 1. The second-order valence-corrected chi connectivity index (χ2v) is 5.98. The Hall–Kier alpha value is -2.67. The molecule has 3 aromatic rings. The number of nitrogens with one attached hydrogen (secondary N) is 1. The number of aromatic nitrogens is 2. The maximum Gasteiger partial charge on any atom is 0.329 e. The first-order chi connectivity index (χ1) is 11.1. The Morgan fingerprint density at radius 1 is 1.22 bits per heavy atom. The van der Waals surface area contributed by atoms with Crippen LogP contribution in [0.5, 0.6) is 0 Å². The highest BCUT2D eigenvalue weighted by molar-refractivity contribution is 7.17. The molecule has 0 aliphatic heterocycles. The van der Waals surface area contributed by atoms with Crippen molar-refractivity contribution < 1.29 is 9.90 Å². The lowest BCUT2D eigenvalue weighted by molar-refractivity contribution is -0.137. The fourth-order valence-corrected chi connectivity index (χ4v) is 3.43. The maximum atomic E-state index is 12.7. The van der Waals surface area contributed by atoms with Crippen molar-refractivity contribution in [3.05, 3.63) is 56.5 Å². The molecule has 0 radical (unpaired) electrons. The van der Waals surface area contributed by atoms with E-state index < -0.39 is 11.7 Å². The number of benzene rings is 1. The van der Waals surface area contributed by atoms with Crippen LogP contribution in [0.3, 0.4) is 0 Å². The van der Waals surface area contributed by atoms with Gasteiger partial charge in [-0.1, -0.05) is 30.3 Å². The minimum absolute atomic E-state index is 0.0838. The van der Waals surface area contributed by atoms with Gasteiger partial charge in [-0.15, -0.1) is 11.3 Å². The Labute approximate surface area is 134 Å². The molecule has 2 N–H and O–H groups in total. The number of carbonyl (C=O) groups is 1. The molecule has 1 aromatic carbocycles. The third-order valence-electron chi connectivity index (χ3n) is 3.57. The Kier molecular flexibility index (Phi) is 4.12. The van der Waals surface area contributed by atoms with Gasteiger partial charge in [-0.25, -0.2) is 4.79 Å². The molecular formula is C16H14N2O4S. The molecule has 3 rings (SSSR count). The maximum absolute atomic E-state index is 12.7. The van der Waals surface area contributed by atoms with Crippen molar-refractivity contribution in [1.29, 1.82) is 0 Å². The molecule has 0 atom stereocenters. The summed E-state index contributed by atoms with van der Waals surface area (Å²) in [6, 6.07) is 9.47. The quantitative estimate of drug-likeness (QED) is 0.751. The highest BCUT2D eigenvalue weighted by Crippen LogP contribution is 2.29. The normalized spacial score (nSPS) is 11.0. The van der Waals surface area contributed by atoms with E-state index in [4.69, 9.17) is 5.11 Å². The topological polar surface area (TPSA) is 92.2 Å². The van der Waals surface area contributed by atoms with Crippen LogP contribution in [0, 0.1) is 0 Å². The second kappa shape index (κ2) is 6.21. The fourth-order valence-electron chi connectivity index (χ4n) is 2.48. The monoisotopic (exact) mass is 330 g/mol. The Morgan fingerprint density at radius 3 is 2.65 bits per heavy atom. The lowest BCUT2D eigenvalue weighted by atomic mass is 10.1. The molecule has 0 amide bonds. The van der Waals surface area contributed by atoms with Gasteiger partial charge in [0.1, 0.15) is 4.83 Å².